The van der Waals surface area contributed by atoms with E-state index in [1.807, 2.05) is 66.9 Å². The van der Waals surface area contributed by atoms with Crippen LogP contribution in [0.4, 0.5) is 0 Å². The van der Waals surface area contributed by atoms with Gasteiger partial charge >= 0.3 is 0 Å². The molecule has 4 rings (SSSR count). The van der Waals surface area contributed by atoms with Crippen LogP contribution in [0.2, 0.25) is 5.02 Å². The van der Waals surface area contributed by atoms with Crippen molar-refractivity contribution in [2.24, 2.45) is 0 Å². The van der Waals surface area contributed by atoms with Crippen molar-refractivity contribution in [2.75, 3.05) is 6.54 Å². The van der Waals surface area contributed by atoms with Gasteiger partial charge in [0.15, 0.2) is 0 Å². The number of thioether (sulfide) groups is 1. The van der Waals surface area contributed by atoms with Crippen LogP contribution in [0.25, 0.3) is 23.0 Å². The zero-order chi connectivity index (χ0) is 24.1. The van der Waals surface area contributed by atoms with Gasteiger partial charge in [0.05, 0.1) is 16.3 Å². The lowest BCUT2D eigenvalue weighted by Crippen LogP contribution is -2.29. The Kier molecular flexibility index (Phi) is 7.82. The van der Waals surface area contributed by atoms with E-state index in [-0.39, 0.29) is 12.3 Å². The molecule has 0 N–H and O–H groups in total. The molecule has 1 saturated heterocycles. The van der Waals surface area contributed by atoms with Crippen LogP contribution >= 0.6 is 35.6 Å². The summed E-state index contributed by atoms with van der Waals surface area (Å²) < 4.78 is 2.29. The van der Waals surface area contributed by atoms with Crippen LogP contribution in [0.1, 0.15) is 31.2 Å². The molecule has 0 radical (unpaired) electrons. The summed E-state index contributed by atoms with van der Waals surface area (Å²) in [6, 6.07) is 17.2. The molecule has 174 valence electrons. The molecule has 0 atom stereocenters. The smallest absolute Gasteiger partial charge is 0.266 e. The Morgan fingerprint density at radius 1 is 1.09 bits per heavy atom. The maximum atomic E-state index is 13.1. The Balaban J connectivity index is 1.59. The van der Waals surface area contributed by atoms with Gasteiger partial charge in [-0.2, -0.15) is 5.10 Å². The third-order valence-electron chi connectivity index (χ3n) is 5.30. The van der Waals surface area contributed by atoms with Crippen LogP contribution in [0.5, 0.6) is 0 Å². The number of thiocarbonyl (C=S) groups is 1. The number of unbranched alkanes of at least 4 members (excludes halogenated alkanes) is 2. The topological polar surface area (TPSA) is 78.3 Å². The summed E-state index contributed by atoms with van der Waals surface area (Å²) in [4.78, 5) is 25.7. The summed E-state index contributed by atoms with van der Waals surface area (Å²) in [5, 5.41) is 16.0. The molecule has 9 heteroatoms. The van der Waals surface area contributed by atoms with E-state index >= 15 is 0 Å². The molecule has 0 unspecified atom stereocenters. The van der Waals surface area contributed by atoms with E-state index in [0.717, 1.165) is 22.5 Å². The monoisotopic (exact) mass is 510 g/mol. The number of benzene rings is 2. The van der Waals surface area contributed by atoms with Gasteiger partial charge in [0.2, 0.25) is 0 Å². The van der Waals surface area contributed by atoms with Gasteiger partial charge in [-0.3, -0.25) is 9.69 Å². The molecule has 2 heterocycles. The molecular formula is C25H21ClN3O3S2-. The first kappa shape index (κ1) is 24.2. The number of rotatable bonds is 9. The minimum Gasteiger partial charge on any atom is -0.550 e. The van der Waals surface area contributed by atoms with Crippen LogP contribution in [0, 0.1) is 0 Å². The largest absolute Gasteiger partial charge is 0.550 e. The van der Waals surface area contributed by atoms with E-state index < -0.39 is 5.97 Å². The molecule has 6 nitrogen and oxygen atoms in total. The summed E-state index contributed by atoms with van der Waals surface area (Å²) in [6.45, 7) is 0.461. The minimum absolute atomic E-state index is 0.0250. The van der Waals surface area contributed by atoms with Crippen molar-refractivity contribution in [3.63, 3.8) is 0 Å². The molecular weight excluding hydrogens is 490 g/mol. The van der Waals surface area contributed by atoms with Gasteiger partial charge in [-0.05, 0) is 49.6 Å². The predicted octanol–water partition coefficient (Wildman–Crippen LogP) is 4.70. The average Bonchev–Trinajstić information content (AvgIpc) is 3.36. The van der Waals surface area contributed by atoms with Gasteiger partial charge in [-0.1, -0.05) is 72.3 Å². The molecule has 1 fully saturated rings. The van der Waals surface area contributed by atoms with Crippen LogP contribution in [-0.2, 0) is 9.59 Å². The number of aliphatic carboxylic acids is 1. The quantitative estimate of drug-likeness (QED) is 0.236. The molecule has 34 heavy (non-hydrogen) atoms. The summed E-state index contributed by atoms with van der Waals surface area (Å²) in [7, 11) is 0. The fourth-order valence-corrected chi connectivity index (χ4v) is 5.01. The molecule has 0 spiro atoms. The molecule has 1 aliphatic heterocycles. The number of amides is 1. The Labute approximate surface area is 212 Å². The van der Waals surface area contributed by atoms with E-state index in [0.29, 0.717) is 40.1 Å². The van der Waals surface area contributed by atoms with Crippen LogP contribution in [-0.4, -0.2) is 37.4 Å². The molecule has 0 aliphatic carbocycles. The van der Waals surface area contributed by atoms with Gasteiger partial charge in [-0.15, -0.1) is 0 Å². The Morgan fingerprint density at radius 3 is 2.53 bits per heavy atom. The number of carbonyl (C=O) groups is 2. The third-order valence-corrected chi connectivity index (χ3v) is 6.93. The maximum absolute atomic E-state index is 13.1. The van der Waals surface area contributed by atoms with Crippen LogP contribution < -0.4 is 5.11 Å². The highest BCUT2D eigenvalue weighted by Gasteiger charge is 2.32. The highest BCUT2D eigenvalue weighted by Crippen LogP contribution is 2.35. The second-order valence-electron chi connectivity index (χ2n) is 7.74. The fraction of sp³-hybridized carbons (Fsp3) is 0.200. The standard InChI is InChI=1S/C25H22ClN3O3S2/c26-19-12-10-17(11-13-19)23-18(16-29(27-23)20-7-3-1-4-8-20)15-21-24(32)28(25(33)34-21)14-6-2-5-9-22(30)31/h1,3-4,7-8,10-13,15-16H,2,5-6,9,14H2,(H,30,31)/p-1/b21-15+. The maximum Gasteiger partial charge on any atom is 0.266 e. The number of carbonyl (C=O) groups excluding carboxylic acids is 2. The first-order valence-electron chi connectivity index (χ1n) is 10.8. The van der Waals surface area contributed by atoms with Crippen molar-refractivity contribution in [3.05, 3.63) is 76.3 Å². The zero-order valence-electron chi connectivity index (χ0n) is 18.1. The Morgan fingerprint density at radius 2 is 1.82 bits per heavy atom. The van der Waals surface area contributed by atoms with Crippen molar-refractivity contribution in [1.29, 1.82) is 0 Å². The minimum atomic E-state index is -1.05. The molecule has 2 aromatic carbocycles. The normalized spacial score (nSPS) is 14.9. The molecule has 0 bridgehead atoms. The number of carboxylic acids is 1. The van der Waals surface area contributed by atoms with Gasteiger partial charge < -0.3 is 9.90 Å². The number of aromatic nitrogens is 2. The number of hydrogen-bond acceptors (Lipinski definition) is 6. The fourth-order valence-electron chi connectivity index (χ4n) is 3.59. The molecule has 0 saturated carbocycles. The Bertz CT molecular complexity index is 1240. The molecule has 1 amide bonds. The van der Waals surface area contributed by atoms with Crippen LogP contribution in [0.3, 0.4) is 0 Å². The summed E-state index contributed by atoms with van der Waals surface area (Å²) in [5.41, 5.74) is 3.31. The lowest BCUT2D eigenvalue weighted by molar-refractivity contribution is -0.305. The van der Waals surface area contributed by atoms with Gasteiger partial charge in [-0.25, -0.2) is 4.68 Å². The highest BCUT2D eigenvalue weighted by atomic mass is 35.5. The first-order valence-corrected chi connectivity index (χ1v) is 12.4. The van der Waals surface area contributed by atoms with Crippen molar-refractivity contribution < 1.29 is 14.7 Å². The zero-order valence-corrected chi connectivity index (χ0v) is 20.5. The van der Waals surface area contributed by atoms with Crippen molar-refractivity contribution in [1.82, 2.24) is 14.7 Å². The lowest BCUT2D eigenvalue weighted by Gasteiger charge is -2.14. The first-order chi connectivity index (χ1) is 16.4. The molecule has 1 aliphatic rings. The van der Waals surface area contributed by atoms with Crippen LogP contribution in [0.15, 0.2) is 65.7 Å². The molecule has 3 aromatic rings. The SMILES string of the molecule is O=C([O-])CCCCCN1C(=O)/C(=C\c2cn(-c3ccccc3)nc2-c2ccc(Cl)cc2)SC1=S. The summed E-state index contributed by atoms with van der Waals surface area (Å²) in [5.74, 6) is -1.20. The lowest BCUT2D eigenvalue weighted by atomic mass is 10.1. The number of nitrogens with zero attached hydrogens (tertiary/aromatic N) is 3. The molecule has 1 aromatic heterocycles. The summed E-state index contributed by atoms with van der Waals surface area (Å²) >= 11 is 12.8. The van der Waals surface area contributed by atoms with E-state index in [1.165, 1.54) is 11.8 Å². The third kappa shape index (κ3) is 5.75. The van der Waals surface area contributed by atoms with E-state index in [2.05, 4.69) is 0 Å². The van der Waals surface area contributed by atoms with E-state index in [9.17, 15) is 14.7 Å². The number of hydrogen-bond donors (Lipinski definition) is 0. The highest BCUT2D eigenvalue weighted by molar-refractivity contribution is 8.26. The number of carboxylic acid groups (broad SMARTS) is 1. The second-order valence-corrected chi connectivity index (χ2v) is 9.85. The van der Waals surface area contributed by atoms with E-state index in [1.54, 1.807) is 9.58 Å². The second kappa shape index (κ2) is 11.0. The number of halogens is 1. The Hall–Kier alpha value is -2.94. The van der Waals surface area contributed by atoms with Crippen molar-refractivity contribution >= 4 is 57.9 Å². The number of para-hydroxylation sites is 1. The van der Waals surface area contributed by atoms with Gasteiger partial charge in [0, 0.05) is 34.9 Å². The van der Waals surface area contributed by atoms with Gasteiger partial charge in [0.1, 0.15) is 4.32 Å². The van der Waals surface area contributed by atoms with Crippen molar-refractivity contribution in [3.8, 4) is 16.9 Å². The summed E-state index contributed by atoms with van der Waals surface area (Å²) in [6.07, 6.45) is 5.63. The average molecular weight is 511 g/mol. The predicted molar refractivity (Wildman–Crippen MR) is 137 cm³/mol. The van der Waals surface area contributed by atoms with E-state index in [4.69, 9.17) is 28.9 Å². The van der Waals surface area contributed by atoms with Crippen molar-refractivity contribution in [2.45, 2.75) is 25.7 Å². The van der Waals surface area contributed by atoms with Gasteiger partial charge in [0.25, 0.3) is 5.91 Å².